The van der Waals surface area contributed by atoms with Crippen molar-refractivity contribution in [3.05, 3.63) is 72.6 Å². The molecule has 1 aromatic heterocycles. The van der Waals surface area contributed by atoms with Crippen LogP contribution in [-0.2, 0) is 4.79 Å². The highest BCUT2D eigenvalue weighted by molar-refractivity contribution is 6.04. The molecule has 6 nitrogen and oxygen atoms in total. The average Bonchev–Trinajstić information content (AvgIpc) is 3.37. The molecule has 2 aromatic carbocycles. The van der Waals surface area contributed by atoms with Crippen molar-refractivity contribution in [3.8, 4) is 5.69 Å². The van der Waals surface area contributed by atoms with E-state index < -0.39 is 0 Å². The second-order valence-electron chi connectivity index (χ2n) is 6.30. The van der Waals surface area contributed by atoms with E-state index in [9.17, 15) is 9.59 Å². The van der Waals surface area contributed by atoms with Crippen LogP contribution in [0.3, 0.4) is 0 Å². The highest BCUT2D eigenvalue weighted by atomic mass is 16.2. The summed E-state index contributed by atoms with van der Waals surface area (Å²) in [5.74, 6) is -0.0214. The molecule has 0 atom stereocenters. The van der Waals surface area contributed by atoms with Gasteiger partial charge in [-0.25, -0.2) is 4.68 Å². The molecule has 1 aliphatic rings. The maximum atomic E-state index is 12.4. The zero-order chi connectivity index (χ0) is 17.9. The lowest BCUT2D eigenvalue weighted by atomic mass is 10.2. The molecule has 130 valence electrons. The number of carbonyl (C=O) groups is 2. The van der Waals surface area contributed by atoms with Crippen molar-refractivity contribution >= 4 is 23.2 Å². The Morgan fingerprint density at radius 2 is 1.69 bits per heavy atom. The summed E-state index contributed by atoms with van der Waals surface area (Å²) in [6, 6.07) is 16.2. The van der Waals surface area contributed by atoms with Crippen LogP contribution in [0.4, 0.5) is 11.4 Å². The second kappa shape index (κ2) is 6.84. The first-order chi connectivity index (χ1) is 12.7. The molecule has 1 aliphatic carbocycles. The molecule has 0 unspecified atom stereocenters. The van der Waals surface area contributed by atoms with Crippen LogP contribution in [0.2, 0.25) is 0 Å². The van der Waals surface area contributed by atoms with E-state index in [1.54, 1.807) is 41.2 Å². The van der Waals surface area contributed by atoms with Crippen LogP contribution in [0, 0.1) is 5.92 Å². The third-order valence-corrected chi connectivity index (χ3v) is 4.23. The predicted molar refractivity (Wildman–Crippen MR) is 99.3 cm³/mol. The normalized spacial score (nSPS) is 13.2. The number of anilines is 2. The molecule has 3 aromatic rings. The van der Waals surface area contributed by atoms with Gasteiger partial charge in [-0.2, -0.15) is 5.10 Å². The van der Waals surface area contributed by atoms with Crippen molar-refractivity contribution in [1.82, 2.24) is 9.78 Å². The number of carbonyl (C=O) groups excluding carboxylic acids is 2. The number of rotatable bonds is 5. The van der Waals surface area contributed by atoms with E-state index in [1.807, 2.05) is 30.5 Å². The van der Waals surface area contributed by atoms with Gasteiger partial charge in [-0.1, -0.05) is 6.07 Å². The van der Waals surface area contributed by atoms with Gasteiger partial charge in [-0.3, -0.25) is 9.59 Å². The number of nitrogens with one attached hydrogen (secondary N) is 2. The largest absolute Gasteiger partial charge is 0.326 e. The van der Waals surface area contributed by atoms with Crippen molar-refractivity contribution in [3.63, 3.8) is 0 Å². The number of hydrogen-bond acceptors (Lipinski definition) is 3. The fourth-order valence-electron chi connectivity index (χ4n) is 2.65. The highest BCUT2D eigenvalue weighted by Gasteiger charge is 2.29. The van der Waals surface area contributed by atoms with Crippen molar-refractivity contribution in [1.29, 1.82) is 0 Å². The maximum Gasteiger partial charge on any atom is 0.255 e. The molecule has 1 heterocycles. The predicted octanol–water partition coefficient (Wildman–Crippen LogP) is 3.47. The second-order valence-corrected chi connectivity index (χ2v) is 6.30. The van der Waals surface area contributed by atoms with Gasteiger partial charge in [0.1, 0.15) is 0 Å². The monoisotopic (exact) mass is 346 g/mol. The molecule has 2 N–H and O–H groups in total. The van der Waals surface area contributed by atoms with Crippen LogP contribution in [0.25, 0.3) is 5.69 Å². The van der Waals surface area contributed by atoms with Crippen LogP contribution in [0.15, 0.2) is 67.0 Å². The fraction of sp³-hybridized carbons (Fsp3) is 0.150. The molecule has 0 radical (unpaired) electrons. The summed E-state index contributed by atoms with van der Waals surface area (Å²) in [7, 11) is 0. The van der Waals surface area contributed by atoms with Gasteiger partial charge in [0.05, 0.1) is 5.69 Å². The van der Waals surface area contributed by atoms with Crippen molar-refractivity contribution in [2.45, 2.75) is 12.8 Å². The summed E-state index contributed by atoms with van der Waals surface area (Å²) >= 11 is 0. The van der Waals surface area contributed by atoms with Crippen molar-refractivity contribution in [2.24, 2.45) is 5.92 Å². The summed E-state index contributed by atoms with van der Waals surface area (Å²) in [5, 5.41) is 9.90. The molecule has 0 spiro atoms. The van der Waals surface area contributed by atoms with Crippen LogP contribution in [0.5, 0.6) is 0 Å². The maximum absolute atomic E-state index is 12.4. The first-order valence-corrected chi connectivity index (χ1v) is 8.51. The number of hydrogen-bond donors (Lipinski definition) is 2. The minimum atomic E-state index is -0.206. The summed E-state index contributed by atoms with van der Waals surface area (Å²) in [6.07, 6.45) is 5.46. The van der Waals surface area contributed by atoms with Crippen LogP contribution >= 0.6 is 0 Å². The van der Waals surface area contributed by atoms with Crippen molar-refractivity contribution in [2.75, 3.05) is 10.6 Å². The summed E-state index contributed by atoms with van der Waals surface area (Å²) in [5.41, 5.74) is 2.76. The Balaban J connectivity index is 1.43. The molecular formula is C20H18N4O2. The van der Waals surface area contributed by atoms with Crippen LogP contribution < -0.4 is 10.6 Å². The lowest BCUT2D eigenvalue weighted by Crippen LogP contribution is -2.14. The molecule has 26 heavy (non-hydrogen) atoms. The Bertz CT molecular complexity index is 929. The molecule has 0 aliphatic heterocycles. The molecule has 4 rings (SSSR count). The van der Waals surface area contributed by atoms with Gasteiger partial charge in [-0.05, 0) is 61.4 Å². The Morgan fingerprint density at radius 3 is 2.35 bits per heavy atom. The molecule has 2 amide bonds. The molecule has 6 heteroatoms. The van der Waals surface area contributed by atoms with E-state index in [0.717, 1.165) is 18.5 Å². The van der Waals surface area contributed by atoms with E-state index >= 15 is 0 Å². The number of nitrogens with zero attached hydrogens (tertiary/aromatic N) is 2. The van der Waals surface area contributed by atoms with E-state index in [1.165, 1.54) is 0 Å². The first-order valence-electron chi connectivity index (χ1n) is 8.51. The van der Waals surface area contributed by atoms with Gasteiger partial charge in [-0.15, -0.1) is 0 Å². The fourth-order valence-corrected chi connectivity index (χ4v) is 2.65. The SMILES string of the molecule is O=C(Nc1cccc(NC(=O)C2CC2)c1)c1ccc(-n2cccn2)cc1. The minimum Gasteiger partial charge on any atom is -0.326 e. The molecule has 0 saturated heterocycles. The first kappa shape index (κ1) is 16.1. The highest BCUT2D eigenvalue weighted by Crippen LogP contribution is 2.30. The van der Waals surface area contributed by atoms with E-state index in [0.29, 0.717) is 16.9 Å². The molecular weight excluding hydrogens is 328 g/mol. The summed E-state index contributed by atoms with van der Waals surface area (Å²) < 4.78 is 1.73. The zero-order valence-electron chi connectivity index (χ0n) is 14.1. The van der Waals surface area contributed by atoms with Crippen LogP contribution in [-0.4, -0.2) is 21.6 Å². The summed E-state index contributed by atoms with van der Waals surface area (Å²) in [6.45, 7) is 0. The Kier molecular flexibility index (Phi) is 4.23. The van der Waals surface area contributed by atoms with Crippen molar-refractivity contribution < 1.29 is 9.59 Å². The standard InChI is InChI=1S/C20H18N4O2/c25-19(14-5-6-14)22-16-3-1-4-17(13-16)23-20(26)15-7-9-18(10-8-15)24-12-2-11-21-24/h1-4,7-14H,5-6H2,(H,22,25)(H,23,26). The Labute approximate surface area is 150 Å². The van der Waals surface area contributed by atoms with Crippen LogP contribution in [0.1, 0.15) is 23.2 Å². The van der Waals surface area contributed by atoms with E-state index in [2.05, 4.69) is 15.7 Å². The van der Waals surface area contributed by atoms with E-state index in [-0.39, 0.29) is 17.7 Å². The van der Waals surface area contributed by atoms with Gasteiger partial charge >= 0.3 is 0 Å². The van der Waals surface area contributed by atoms with Gasteiger partial charge in [0.15, 0.2) is 0 Å². The molecule has 1 fully saturated rings. The van der Waals surface area contributed by atoms with E-state index in [4.69, 9.17) is 0 Å². The Morgan fingerprint density at radius 1 is 0.962 bits per heavy atom. The third-order valence-electron chi connectivity index (χ3n) is 4.23. The van der Waals surface area contributed by atoms with Gasteiger partial charge in [0, 0.05) is 35.2 Å². The smallest absolute Gasteiger partial charge is 0.255 e. The van der Waals surface area contributed by atoms with Gasteiger partial charge in [0.2, 0.25) is 5.91 Å². The lowest BCUT2D eigenvalue weighted by Gasteiger charge is -2.09. The van der Waals surface area contributed by atoms with Gasteiger partial charge < -0.3 is 10.6 Å². The summed E-state index contributed by atoms with van der Waals surface area (Å²) in [4.78, 5) is 24.3. The lowest BCUT2D eigenvalue weighted by molar-refractivity contribution is -0.117. The topological polar surface area (TPSA) is 76.0 Å². The molecule has 0 bridgehead atoms. The zero-order valence-corrected chi connectivity index (χ0v) is 14.1. The minimum absolute atomic E-state index is 0.0442. The van der Waals surface area contributed by atoms with Gasteiger partial charge in [0.25, 0.3) is 5.91 Å². The number of aromatic nitrogens is 2. The molecule has 1 saturated carbocycles. The third kappa shape index (κ3) is 3.64. The average molecular weight is 346 g/mol. The Hall–Kier alpha value is -3.41. The number of amides is 2. The number of benzene rings is 2. The quantitative estimate of drug-likeness (QED) is 0.743.